The fourth-order valence-electron chi connectivity index (χ4n) is 8.82. The summed E-state index contributed by atoms with van der Waals surface area (Å²) in [5.74, 6) is 0.830. The van der Waals surface area contributed by atoms with Gasteiger partial charge in [-0.1, -0.05) is 0 Å². The van der Waals surface area contributed by atoms with Crippen LogP contribution in [0, 0.1) is 16.7 Å². The lowest BCUT2D eigenvalue weighted by Crippen LogP contribution is -2.38. The molecular formula is C37H43N9O4S. The van der Waals surface area contributed by atoms with Gasteiger partial charge in [0, 0.05) is 59.6 Å². The summed E-state index contributed by atoms with van der Waals surface area (Å²) in [5.41, 5.74) is 7.39. The Labute approximate surface area is 299 Å². The van der Waals surface area contributed by atoms with Crippen LogP contribution in [0.15, 0.2) is 40.7 Å². The van der Waals surface area contributed by atoms with Crippen LogP contribution < -0.4 is 16.0 Å². The number of hydrogen-bond acceptors (Lipinski definition) is 12. The van der Waals surface area contributed by atoms with Gasteiger partial charge in [-0.2, -0.15) is 15.3 Å². The first-order valence-electron chi connectivity index (χ1n) is 18.0. The van der Waals surface area contributed by atoms with Gasteiger partial charge in [-0.3, -0.25) is 15.1 Å². The predicted molar refractivity (Wildman–Crippen MR) is 194 cm³/mol. The number of allylic oxidation sites excluding steroid dienone is 2. The van der Waals surface area contributed by atoms with Crippen molar-refractivity contribution < 1.29 is 14.6 Å². The lowest BCUT2D eigenvalue weighted by molar-refractivity contribution is 0.0688. The van der Waals surface area contributed by atoms with Crippen molar-refractivity contribution in [3.05, 3.63) is 68.0 Å². The number of aliphatic hydroxyl groups is 1. The summed E-state index contributed by atoms with van der Waals surface area (Å²) in [7, 11) is 2.09. The zero-order valence-electron chi connectivity index (χ0n) is 29.0. The maximum atomic E-state index is 13.7. The third-order valence-corrected chi connectivity index (χ3v) is 12.5. The molecule has 0 saturated carbocycles. The molecule has 0 unspecified atom stereocenters. The Balaban J connectivity index is 1.21. The van der Waals surface area contributed by atoms with Gasteiger partial charge in [0.2, 0.25) is 5.88 Å². The summed E-state index contributed by atoms with van der Waals surface area (Å²) in [6.45, 7) is 4.26. The van der Waals surface area contributed by atoms with Crippen molar-refractivity contribution in [2.75, 3.05) is 32.5 Å². The third-order valence-electron chi connectivity index (χ3n) is 11.4. The molecule has 13 nitrogen and oxygen atoms in total. The number of nitrogens with zero attached hydrogens (tertiary/aromatic N) is 7. The number of nitriles is 1. The number of nitrogens with two attached hydrogens (primary N) is 1. The molecule has 0 amide bonds. The molecule has 4 N–H and O–H groups in total. The molecule has 0 bridgehead atoms. The average Bonchev–Trinajstić information content (AvgIpc) is 3.86. The summed E-state index contributed by atoms with van der Waals surface area (Å²) in [5, 5.41) is 37.5. The Morgan fingerprint density at radius 3 is 2.75 bits per heavy atom. The highest BCUT2D eigenvalue weighted by molar-refractivity contribution is 7.16. The fourth-order valence-corrected chi connectivity index (χ4v) is 9.98. The van der Waals surface area contributed by atoms with E-state index in [2.05, 4.69) is 18.0 Å². The van der Waals surface area contributed by atoms with E-state index in [1.807, 2.05) is 19.2 Å². The first kappa shape index (κ1) is 33.6. The molecule has 14 heteroatoms. The van der Waals surface area contributed by atoms with Crippen molar-refractivity contribution >= 4 is 33.0 Å². The number of fused-ring (bicyclic) bond motifs is 3. The fraction of sp³-hybridized carbons (Fsp3) is 0.514. The normalized spacial score (nSPS) is 23.4. The number of aliphatic hydroxyl groups excluding tert-OH is 1. The molecule has 2 aliphatic heterocycles. The molecule has 266 valence electrons. The van der Waals surface area contributed by atoms with Crippen LogP contribution in [0.3, 0.4) is 0 Å². The molecule has 1 spiro atoms. The highest BCUT2D eigenvalue weighted by atomic mass is 32.1. The Hall–Kier alpha value is -4.58. The van der Waals surface area contributed by atoms with E-state index in [-0.39, 0.29) is 46.9 Å². The summed E-state index contributed by atoms with van der Waals surface area (Å²) < 4.78 is 15.3. The Morgan fingerprint density at radius 2 is 2.00 bits per heavy atom. The van der Waals surface area contributed by atoms with Crippen LogP contribution in [0.5, 0.6) is 5.88 Å². The summed E-state index contributed by atoms with van der Waals surface area (Å²) >= 11 is 1.43. The number of hydrogen-bond donors (Lipinski definition) is 3. The van der Waals surface area contributed by atoms with Crippen LogP contribution in [0.1, 0.15) is 92.6 Å². The van der Waals surface area contributed by atoms with Crippen molar-refractivity contribution in [1.82, 2.24) is 29.2 Å². The first-order chi connectivity index (χ1) is 24.7. The van der Waals surface area contributed by atoms with E-state index in [9.17, 15) is 20.6 Å². The molecule has 8 rings (SSSR count). The number of rotatable bonds is 7. The second kappa shape index (κ2) is 13.2. The zero-order chi connectivity index (χ0) is 35.4. The molecule has 2 saturated heterocycles. The van der Waals surface area contributed by atoms with Crippen LogP contribution in [0.4, 0.5) is 5.00 Å². The Bertz CT molecular complexity index is 2160. The molecule has 51 heavy (non-hydrogen) atoms. The molecule has 0 aromatic carbocycles. The van der Waals surface area contributed by atoms with Crippen molar-refractivity contribution in [2.24, 2.45) is 0 Å². The van der Waals surface area contributed by atoms with Crippen molar-refractivity contribution in [3.8, 4) is 17.8 Å². The number of anilines is 1. The maximum Gasteiger partial charge on any atom is 0.279 e. The minimum Gasteiger partial charge on any atom is -0.511 e. The molecule has 4 aromatic rings. The Kier molecular flexibility index (Phi) is 8.68. The van der Waals surface area contributed by atoms with E-state index in [1.54, 1.807) is 21.5 Å². The van der Waals surface area contributed by atoms with E-state index < -0.39 is 5.41 Å². The lowest BCUT2D eigenvalue weighted by atomic mass is 9.63. The van der Waals surface area contributed by atoms with Gasteiger partial charge < -0.3 is 24.9 Å². The number of likely N-dealkylation sites (N-methyl/N-ethyl adjacent to an activating group) is 1. The van der Waals surface area contributed by atoms with Gasteiger partial charge in [0.25, 0.3) is 5.56 Å². The van der Waals surface area contributed by atoms with Gasteiger partial charge in [0.1, 0.15) is 28.6 Å². The third kappa shape index (κ3) is 5.71. The molecule has 0 radical (unpaired) electrons. The summed E-state index contributed by atoms with van der Waals surface area (Å²) in [4.78, 5) is 26.6. The average molecular weight is 710 g/mol. The van der Waals surface area contributed by atoms with Crippen molar-refractivity contribution in [1.29, 1.82) is 10.7 Å². The van der Waals surface area contributed by atoms with E-state index in [4.69, 9.17) is 30.3 Å². The standard InChI is InChI=1S/C37H43N9O4S/c1-21(26-7-5-14-44(26)2)50-29-18-28(46-20-22-9-15-45(36(48)32(22)43-46)23-10-16-49-17-11-23)41-35(42-29)31(39)24-6-3-12-37(33(24)47)13-4-8-27-30(37)25(19-38)34(40)51-27/h9,15,18,20-21,23,26,39,47H,3-8,10-14,16-17,40H2,1-2H3/t21-,26-,37-/m0/s1. The Morgan fingerprint density at radius 1 is 1.22 bits per heavy atom. The second-order valence-electron chi connectivity index (χ2n) is 14.4. The largest absolute Gasteiger partial charge is 0.511 e. The topological polar surface area (TPSA) is 181 Å². The number of likely N-dealkylation sites (tertiary alicyclic amines) is 1. The minimum absolute atomic E-state index is 0.00340. The number of nitrogens with one attached hydrogen (secondary N) is 1. The number of aryl methyl sites for hydroxylation is 1. The summed E-state index contributed by atoms with van der Waals surface area (Å²) in [6.07, 6.45) is 11.2. The van der Waals surface area contributed by atoms with Gasteiger partial charge in [-0.15, -0.1) is 11.3 Å². The highest BCUT2D eigenvalue weighted by Crippen LogP contribution is 2.54. The predicted octanol–water partition coefficient (Wildman–Crippen LogP) is 5.34. The van der Waals surface area contributed by atoms with E-state index >= 15 is 0 Å². The van der Waals surface area contributed by atoms with Gasteiger partial charge in [0.15, 0.2) is 17.2 Å². The molecule has 4 aliphatic rings. The van der Waals surface area contributed by atoms with E-state index in [0.29, 0.717) is 65.3 Å². The minimum atomic E-state index is -0.783. The molecule has 2 fully saturated rings. The van der Waals surface area contributed by atoms with Crippen LogP contribution in [0.2, 0.25) is 0 Å². The second-order valence-corrected chi connectivity index (χ2v) is 15.5. The number of thiophene rings is 1. The van der Waals surface area contributed by atoms with Gasteiger partial charge in [0.05, 0.1) is 11.0 Å². The van der Waals surface area contributed by atoms with Crippen molar-refractivity contribution in [2.45, 2.75) is 94.7 Å². The van der Waals surface area contributed by atoms with Gasteiger partial charge in [-0.05, 0) is 96.4 Å². The lowest BCUT2D eigenvalue weighted by Gasteiger charge is -2.41. The first-order valence-corrected chi connectivity index (χ1v) is 18.8. The number of ether oxygens (including phenoxy) is 2. The highest BCUT2D eigenvalue weighted by Gasteiger charge is 2.47. The molecule has 6 heterocycles. The smallest absolute Gasteiger partial charge is 0.279 e. The monoisotopic (exact) mass is 709 g/mol. The van der Waals surface area contributed by atoms with Gasteiger partial charge in [-0.25, -0.2) is 9.67 Å². The SMILES string of the molecule is C[C@H](Oc1cc(-n2cc3ccn(C4CCOCC4)c(=O)c3n2)nc(C(=N)C2=C(O)[C@@]3(CCC2)CCCc2sc(N)c(C#N)c23)n1)[C@@H]1CCCN1C. The molecule has 3 atom stereocenters. The maximum absolute atomic E-state index is 13.7. The molecule has 2 aliphatic carbocycles. The van der Waals surface area contributed by atoms with Crippen molar-refractivity contribution in [3.63, 3.8) is 0 Å². The van der Waals surface area contributed by atoms with Gasteiger partial charge >= 0.3 is 0 Å². The van der Waals surface area contributed by atoms with Crippen LogP contribution in [-0.4, -0.2) is 79.0 Å². The number of nitrogen functional groups attached to an aromatic ring is 1. The number of pyridine rings is 1. The van der Waals surface area contributed by atoms with E-state index in [0.717, 1.165) is 61.9 Å². The van der Waals surface area contributed by atoms with Crippen LogP contribution in [-0.2, 0) is 16.6 Å². The summed E-state index contributed by atoms with van der Waals surface area (Å²) in [6, 6.07) is 6.15. The molecule has 4 aromatic heterocycles. The zero-order valence-corrected chi connectivity index (χ0v) is 29.8. The molecular weight excluding hydrogens is 667 g/mol. The van der Waals surface area contributed by atoms with E-state index in [1.165, 1.54) is 11.3 Å². The quantitative estimate of drug-likeness (QED) is 0.212. The number of aromatic nitrogens is 5. The van der Waals surface area contributed by atoms with Crippen LogP contribution >= 0.6 is 11.3 Å². The van der Waals surface area contributed by atoms with Crippen LogP contribution in [0.25, 0.3) is 16.7 Å².